The molecule has 30 heavy (non-hydrogen) atoms. The van der Waals surface area contributed by atoms with Crippen LogP contribution in [0.1, 0.15) is 48.9 Å². The maximum atomic E-state index is 13.0. The first-order chi connectivity index (χ1) is 14.5. The van der Waals surface area contributed by atoms with Gasteiger partial charge in [0.15, 0.2) is 0 Å². The first kappa shape index (κ1) is 20.8. The molecule has 0 aliphatic carbocycles. The molecule has 1 N–H and O–H groups in total. The van der Waals surface area contributed by atoms with Crippen LogP contribution >= 0.6 is 0 Å². The van der Waals surface area contributed by atoms with Crippen LogP contribution in [0.4, 0.5) is 11.5 Å². The fourth-order valence-electron chi connectivity index (χ4n) is 4.03. The zero-order valence-corrected chi connectivity index (χ0v) is 17.9. The van der Waals surface area contributed by atoms with Crippen molar-refractivity contribution in [3.8, 4) is 0 Å². The predicted molar refractivity (Wildman–Crippen MR) is 117 cm³/mol. The average Bonchev–Trinajstić information content (AvgIpc) is 3.16. The van der Waals surface area contributed by atoms with Crippen molar-refractivity contribution in [1.82, 2.24) is 9.29 Å². The lowest BCUT2D eigenvalue weighted by Crippen LogP contribution is -2.32. The Balaban J connectivity index is 1.47. The first-order valence-corrected chi connectivity index (χ1v) is 12.1. The number of anilines is 2. The summed E-state index contributed by atoms with van der Waals surface area (Å²) in [5.74, 6) is 0.565. The number of benzene rings is 1. The quantitative estimate of drug-likeness (QED) is 0.788. The maximum Gasteiger partial charge on any atom is 0.255 e. The van der Waals surface area contributed by atoms with Crippen LogP contribution in [-0.2, 0) is 10.0 Å². The molecule has 1 aromatic carbocycles. The summed E-state index contributed by atoms with van der Waals surface area (Å²) in [6, 6.07) is 10.00. The Labute approximate surface area is 178 Å². The molecule has 2 aliphatic heterocycles. The summed E-state index contributed by atoms with van der Waals surface area (Å²) in [6.45, 7) is 3.09. The van der Waals surface area contributed by atoms with Crippen LogP contribution in [0, 0.1) is 0 Å². The molecule has 0 radical (unpaired) electrons. The van der Waals surface area contributed by atoms with E-state index >= 15 is 0 Å². The number of carbonyl (C=O) groups excluding carboxylic acids is 1. The van der Waals surface area contributed by atoms with Crippen LogP contribution in [0.2, 0.25) is 0 Å². The minimum Gasteiger partial charge on any atom is -0.357 e. The monoisotopic (exact) mass is 428 g/mol. The second-order valence-electron chi connectivity index (χ2n) is 7.90. The number of rotatable bonds is 5. The third-order valence-electron chi connectivity index (χ3n) is 5.73. The molecule has 0 spiro atoms. The summed E-state index contributed by atoms with van der Waals surface area (Å²) >= 11 is 0. The van der Waals surface area contributed by atoms with Gasteiger partial charge in [0.25, 0.3) is 5.91 Å². The van der Waals surface area contributed by atoms with E-state index in [-0.39, 0.29) is 10.8 Å². The largest absolute Gasteiger partial charge is 0.357 e. The van der Waals surface area contributed by atoms with Crippen molar-refractivity contribution in [2.24, 2.45) is 0 Å². The minimum atomic E-state index is -3.59. The van der Waals surface area contributed by atoms with Crippen molar-refractivity contribution in [2.75, 3.05) is 36.4 Å². The van der Waals surface area contributed by atoms with E-state index in [1.807, 2.05) is 12.1 Å². The fraction of sp³-hybridized carbons (Fsp3) is 0.455. The standard InChI is InChI=1S/C22H28N4O3S/c27-22(24-19-10-11-21(23-17-19)25-12-5-6-13-25)18-8-7-9-20(16-18)30(28,29)26-14-3-1-2-4-15-26/h7-11,16-17H,1-6,12-15H2,(H,24,27). The topological polar surface area (TPSA) is 82.6 Å². The van der Waals surface area contributed by atoms with Gasteiger partial charge in [-0.2, -0.15) is 4.31 Å². The number of nitrogens with one attached hydrogen (secondary N) is 1. The van der Waals surface area contributed by atoms with E-state index in [2.05, 4.69) is 15.2 Å². The van der Waals surface area contributed by atoms with Gasteiger partial charge in [-0.15, -0.1) is 0 Å². The van der Waals surface area contributed by atoms with Gasteiger partial charge < -0.3 is 10.2 Å². The Morgan fingerprint density at radius 2 is 1.60 bits per heavy atom. The molecule has 160 valence electrons. The van der Waals surface area contributed by atoms with E-state index in [0.717, 1.165) is 44.6 Å². The Morgan fingerprint density at radius 3 is 2.27 bits per heavy atom. The number of aromatic nitrogens is 1. The summed E-state index contributed by atoms with van der Waals surface area (Å²) in [4.78, 5) is 19.5. The number of carbonyl (C=O) groups is 1. The van der Waals surface area contributed by atoms with Gasteiger partial charge in [0.2, 0.25) is 10.0 Å². The van der Waals surface area contributed by atoms with Gasteiger partial charge >= 0.3 is 0 Å². The Kier molecular flexibility index (Phi) is 6.34. The van der Waals surface area contributed by atoms with E-state index in [9.17, 15) is 13.2 Å². The molecule has 0 unspecified atom stereocenters. The summed E-state index contributed by atoms with van der Waals surface area (Å²) in [5.41, 5.74) is 0.901. The fourth-order valence-corrected chi connectivity index (χ4v) is 5.59. The van der Waals surface area contributed by atoms with Crippen LogP contribution in [0.5, 0.6) is 0 Å². The smallest absolute Gasteiger partial charge is 0.255 e. The normalized spacial score (nSPS) is 18.2. The molecule has 7 nitrogen and oxygen atoms in total. The molecule has 0 atom stereocenters. The molecule has 0 bridgehead atoms. The molecule has 1 aromatic heterocycles. The van der Waals surface area contributed by atoms with Crippen molar-refractivity contribution in [1.29, 1.82) is 0 Å². The summed E-state index contributed by atoms with van der Waals surface area (Å²) in [6.07, 6.45) is 7.86. The van der Waals surface area contributed by atoms with Crippen LogP contribution in [0.25, 0.3) is 0 Å². The molecule has 0 saturated carbocycles. The maximum absolute atomic E-state index is 13.0. The van der Waals surface area contributed by atoms with Crippen LogP contribution < -0.4 is 10.2 Å². The van der Waals surface area contributed by atoms with Crippen molar-refractivity contribution < 1.29 is 13.2 Å². The van der Waals surface area contributed by atoms with Crippen LogP contribution in [0.15, 0.2) is 47.5 Å². The van der Waals surface area contributed by atoms with Gasteiger partial charge in [-0.3, -0.25) is 4.79 Å². The third kappa shape index (κ3) is 4.65. The summed E-state index contributed by atoms with van der Waals surface area (Å²) < 4.78 is 27.6. The van der Waals surface area contributed by atoms with Gasteiger partial charge in [-0.05, 0) is 56.0 Å². The zero-order chi connectivity index (χ0) is 21.0. The minimum absolute atomic E-state index is 0.166. The molecule has 3 heterocycles. The molecule has 1 amide bonds. The van der Waals surface area contributed by atoms with Crippen molar-refractivity contribution in [3.63, 3.8) is 0 Å². The average molecular weight is 429 g/mol. The number of amides is 1. The number of pyridine rings is 1. The molecular weight excluding hydrogens is 400 g/mol. The van der Waals surface area contributed by atoms with Gasteiger partial charge in [0, 0.05) is 31.7 Å². The van der Waals surface area contributed by atoms with Crippen LogP contribution in [0.3, 0.4) is 0 Å². The van der Waals surface area contributed by atoms with Crippen molar-refractivity contribution in [3.05, 3.63) is 48.2 Å². The predicted octanol–water partition coefficient (Wildman–Crippen LogP) is 3.50. The van der Waals surface area contributed by atoms with E-state index in [1.165, 1.54) is 23.2 Å². The molecule has 8 heteroatoms. The third-order valence-corrected chi connectivity index (χ3v) is 7.63. The SMILES string of the molecule is O=C(Nc1ccc(N2CCCC2)nc1)c1cccc(S(=O)(=O)N2CCCCCC2)c1. The highest BCUT2D eigenvalue weighted by Crippen LogP contribution is 2.22. The first-order valence-electron chi connectivity index (χ1n) is 10.7. The van der Waals surface area contributed by atoms with Crippen molar-refractivity contribution in [2.45, 2.75) is 43.4 Å². The lowest BCUT2D eigenvalue weighted by Gasteiger charge is -2.20. The highest BCUT2D eigenvalue weighted by atomic mass is 32.2. The van der Waals surface area contributed by atoms with E-state index in [0.29, 0.717) is 24.3 Å². The Bertz CT molecular complexity index is 978. The van der Waals surface area contributed by atoms with Gasteiger partial charge in [0.05, 0.1) is 16.8 Å². The van der Waals surface area contributed by atoms with E-state index < -0.39 is 10.0 Å². The highest BCUT2D eigenvalue weighted by Gasteiger charge is 2.25. The van der Waals surface area contributed by atoms with Gasteiger partial charge in [0.1, 0.15) is 5.82 Å². The van der Waals surface area contributed by atoms with E-state index in [4.69, 9.17) is 0 Å². The van der Waals surface area contributed by atoms with Gasteiger partial charge in [-0.1, -0.05) is 18.9 Å². The van der Waals surface area contributed by atoms with Crippen molar-refractivity contribution >= 4 is 27.4 Å². The second-order valence-corrected chi connectivity index (χ2v) is 9.84. The lowest BCUT2D eigenvalue weighted by molar-refractivity contribution is 0.102. The Morgan fingerprint density at radius 1 is 0.900 bits per heavy atom. The molecular formula is C22H28N4O3S. The Hall–Kier alpha value is -2.45. The molecule has 4 rings (SSSR count). The van der Waals surface area contributed by atoms with Crippen LogP contribution in [-0.4, -0.2) is 49.8 Å². The molecule has 2 aliphatic rings. The number of hydrogen-bond acceptors (Lipinski definition) is 5. The molecule has 2 aromatic rings. The highest BCUT2D eigenvalue weighted by molar-refractivity contribution is 7.89. The summed E-state index contributed by atoms with van der Waals surface area (Å²) in [7, 11) is -3.59. The summed E-state index contributed by atoms with van der Waals surface area (Å²) in [5, 5.41) is 2.82. The number of hydrogen-bond donors (Lipinski definition) is 1. The molecule has 2 saturated heterocycles. The number of sulfonamides is 1. The lowest BCUT2D eigenvalue weighted by atomic mass is 10.2. The second kappa shape index (κ2) is 9.14. The van der Waals surface area contributed by atoms with Gasteiger partial charge in [-0.25, -0.2) is 13.4 Å². The number of nitrogens with zero attached hydrogens (tertiary/aromatic N) is 3. The van der Waals surface area contributed by atoms with E-state index in [1.54, 1.807) is 24.4 Å². The zero-order valence-electron chi connectivity index (χ0n) is 17.1. The molecule has 2 fully saturated rings.